The summed E-state index contributed by atoms with van der Waals surface area (Å²) in [6.07, 6.45) is 8.42. The molecule has 70 valence electrons. The number of rotatable bonds is 0. The second-order valence-corrected chi connectivity index (χ2v) is 3.07. The Morgan fingerprint density at radius 1 is 1.23 bits per heavy atom. The van der Waals surface area contributed by atoms with Crippen molar-refractivity contribution in [1.29, 1.82) is 0 Å². The maximum atomic E-state index is 4.09. The molecule has 0 bridgehead atoms. The third kappa shape index (κ3) is 2.41. The predicted octanol–water partition coefficient (Wildman–Crippen LogP) is 3.46. The van der Waals surface area contributed by atoms with Crippen molar-refractivity contribution in [2.45, 2.75) is 33.6 Å². The van der Waals surface area contributed by atoms with E-state index in [2.05, 4.69) is 24.1 Å². The van der Waals surface area contributed by atoms with Gasteiger partial charge < -0.3 is 0 Å². The van der Waals surface area contributed by atoms with Crippen LogP contribution in [-0.2, 0) is 6.42 Å². The SMILES string of the molecule is CC.CC1=Cc2cnccc2CC1. The predicted molar refractivity (Wildman–Crippen MR) is 57.6 cm³/mol. The highest BCUT2D eigenvalue weighted by Crippen LogP contribution is 2.21. The number of aryl methyl sites for hydroxylation is 1. The molecule has 1 heteroatoms. The van der Waals surface area contributed by atoms with Crippen LogP contribution in [0.1, 0.15) is 38.3 Å². The van der Waals surface area contributed by atoms with Gasteiger partial charge in [-0.3, -0.25) is 4.98 Å². The number of allylic oxidation sites excluding steroid dienone is 1. The molecular weight excluding hydrogens is 158 g/mol. The Labute approximate surface area is 80.5 Å². The first-order chi connectivity index (χ1) is 6.36. The lowest BCUT2D eigenvalue weighted by molar-refractivity contribution is 0.922. The van der Waals surface area contributed by atoms with Crippen LogP contribution in [0.2, 0.25) is 0 Å². The normalized spacial score (nSPS) is 13.6. The lowest BCUT2D eigenvalue weighted by Gasteiger charge is -2.11. The Morgan fingerprint density at radius 2 is 2.00 bits per heavy atom. The molecule has 1 heterocycles. The zero-order valence-electron chi connectivity index (χ0n) is 8.67. The van der Waals surface area contributed by atoms with E-state index in [4.69, 9.17) is 0 Å². The molecule has 0 N–H and O–H groups in total. The molecule has 0 fully saturated rings. The van der Waals surface area contributed by atoms with Crippen molar-refractivity contribution in [2.24, 2.45) is 0 Å². The van der Waals surface area contributed by atoms with E-state index in [-0.39, 0.29) is 0 Å². The second kappa shape index (κ2) is 4.80. The molecule has 0 aliphatic heterocycles. The van der Waals surface area contributed by atoms with E-state index in [1.54, 1.807) is 0 Å². The highest BCUT2D eigenvalue weighted by atomic mass is 14.6. The highest BCUT2D eigenvalue weighted by Gasteiger charge is 2.05. The van der Waals surface area contributed by atoms with Crippen molar-refractivity contribution in [2.75, 3.05) is 0 Å². The lowest BCUT2D eigenvalue weighted by Crippen LogP contribution is -1.97. The van der Waals surface area contributed by atoms with Crippen LogP contribution in [0, 0.1) is 0 Å². The van der Waals surface area contributed by atoms with Gasteiger partial charge in [-0.2, -0.15) is 0 Å². The first-order valence-corrected chi connectivity index (χ1v) is 4.96. The van der Waals surface area contributed by atoms with E-state index < -0.39 is 0 Å². The molecule has 0 radical (unpaired) electrons. The van der Waals surface area contributed by atoms with Gasteiger partial charge in [0, 0.05) is 12.4 Å². The minimum atomic E-state index is 1.18. The van der Waals surface area contributed by atoms with E-state index in [1.807, 2.05) is 26.2 Å². The van der Waals surface area contributed by atoms with Crippen LogP contribution in [0.25, 0.3) is 6.08 Å². The van der Waals surface area contributed by atoms with Crippen molar-refractivity contribution in [3.8, 4) is 0 Å². The summed E-state index contributed by atoms with van der Waals surface area (Å²) in [4.78, 5) is 4.09. The zero-order chi connectivity index (χ0) is 9.68. The Bertz CT molecular complexity index is 300. The summed E-state index contributed by atoms with van der Waals surface area (Å²) < 4.78 is 0. The zero-order valence-corrected chi connectivity index (χ0v) is 8.67. The van der Waals surface area contributed by atoms with Crippen LogP contribution in [0.15, 0.2) is 24.0 Å². The number of hydrogen-bond donors (Lipinski definition) is 0. The molecule has 1 aliphatic carbocycles. The molecule has 0 amide bonds. The lowest BCUT2D eigenvalue weighted by atomic mass is 9.95. The van der Waals surface area contributed by atoms with Gasteiger partial charge in [0.1, 0.15) is 0 Å². The summed E-state index contributed by atoms with van der Waals surface area (Å²) in [5.74, 6) is 0. The smallest absolute Gasteiger partial charge is 0.0343 e. The van der Waals surface area contributed by atoms with E-state index in [9.17, 15) is 0 Å². The fourth-order valence-corrected chi connectivity index (χ4v) is 1.46. The van der Waals surface area contributed by atoms with Crippen LogP contribution < -0.4 is 0 Å². The van der Waals surface area contributed by atoms with Crippen LogP contribution in [0.4, 0.5) is 0 Å². The maximum Gasteiger partial charge on any atom is 0.0343 e. The monoisotopic (exact) mass is 175 g/mol. The largest absolute Gasteiger partial charge is 0.264 e. The van der Waals surface area contributed by atoms with Crippen LogP contribution in [0.5, 0.6) is 0 Å². The third-order valence-corrected chi connectivity index (χ3v) is 2.14. The third-order valence-electron chi connectivity index (χ3n) is 2.14. The summed E-state index contributed by atoms with van der Waals surface area (Å²) in [6.45, 7) is 6.18. The molecule has 2 rings (SSSR count). The fourth-order valence-electron chi connectivity index (χ4n) is 1.46. The van der Waals surface area contributed by atoms with Gasteiger partial charge in [-0.1, -0.05) is 25.5 Å². The molecule has 13 heavy (non-hydrogen) atoms. The molecule has 0 unspecified atom stereocenters. The van der Waals surface area contributed by atoms with Gasteiger partial charge in [0.15, 0.2) is 0 Å². The number of pyridine rings is 1. The topological polar surface area (TPSA) is 12.9 Å². The molecule has 0 spiro atoms. The summed E-state index contributed by atoms with van der Waals surface area (Å²) in [7, 11) is 0. The molecule has 1 aliphatic rings. The number of aromatic nitrogens is 1. The Kier molecular flexibility index (Phi) is 3.69. The molecule has 0 saturated carbocycles. The fraction of sp³-hybridized carbons (Fsp3) is 0.417. The minimum absolute atomic E-state index is 1.18. The van der Waals surface area contributed by atoms with Crippen molar-refractivity contribution >= 4 is 6.08 Å². The summed E-state index contributed by atoms with van der Waals surface area (Å²) in [5, 5.41) is 0. The molecule has 1 nitrogen and oxygen atoms in total. The molecular formula is C12H17N. The van der Waals surface area contributed by atoms with Gasteiger partial charge in [-0.05, 0) is 37.0 Å². The van der Waals surface area contributed by atoms with Crippen molar-refractivity contribution in [3.05, 3.63) is 35.2 Å². The number of nitrogens with zero attached hydrogens (tertiary/aromatic N) is 1. The van der Waals surface area contributed by atoms with Crippen molar-refractivity contribution < 1.29 is 0 Å². The number of hydrogen-bond acceptors (Lipinski definition) is 1. The molecule has 0 aromatic carbocycles. The Hall–Kier alpha value is -1.11. The van der Waals surface area contributed by atoms with Crippen LogP contribution in [-0.4, -0.2) is 4.98 Å². The first-order valence-electron chi connectivity index (χ1n) is 4.96. The number of fused-ring (bicyclic) bond motifs is 1. The standard InChI is InChI=1S/C10H11N.C2H6/c1-8-2-3-9-4-5-11-7-10(9)6-8;1-2/h4-7H,2-3H2,1H3;1-2H3. The highest BCUT2D eigenvalue weighted by molar-refractivity contribution is 5.57. The van der Waals surface area contributed by atoms with E-state index >= 15 is 0 Å². The van der Waals surface area contributed by atoms with E-state index in [0.29, 0.717) is 0 Å². The quantitative estimate of drug-likeness (QED) is 0.588. The summed E-state index contributed by atoms with van der Waals surface area (Å²) in [6, 6.07) is 2.11. The molecule has 0 atom stereocenters. The summed E-state index contributed by atoms with van der Waals surface area (Å²) >= 11 is 0. The van der Waals surface area contributed by atoms with Crippen molar-refractivity contribution in [1.82, 2.24) is 4.98 Å². The van der Waals surface area contributed by atoms with E-state index in [0.717, 1.165) is 0 Å². The molecule has 1 aromatic heterocycles. The van der Waals surface area contributed by atoms with Gasteiger partial charge in [-0.25, -0.2) is 0 Å². The molecule has 1 aromatic rings. The first kappa shape index (κ1) is 9.97. The molecule has 0 saturated heterocycles. The minimum Gasteiger partial charge on any atom is -0.264 e. The Balaban J connectivity index is 0.000000396. The van der Waals surface area contributed by atoms with Gasteiger partial charge in [0.2, 0.25) is 0 Å². The van der Waals surface area contributed by atoms with Gasteiger partial charge in [-0.15, -0.1) is 0 Å². The van der Waals surface area contributed by atoms with E-state index in [1.165, 1.54) is 29.5 Å². The Morgan fingerprint density at radius 3 is 2.77 bits per heavy atom. The van der Waals surface area contributed by atoms with Crippen LogP contribution >= 0.6 is 0 Å². The van der Waals surface area contributed by atoms with Crippen LogP contribution in [0.3, 0.4) is 0 Å². The second-order valence-electron chi connectivity index (χ2n) is 3.07. The van der Waals surface area contributed by atoms with Gasteiger partial charge in [0.25, 0.3) is 0 Å². The average molecular weight is 175 g/mol. The van der Waals surface area contributed by atoms with Gasteiger partial charge >= 0.3 is 0 Å². The van der Waals surface area contributed by atoms with Gasteiger partial charge in [0.05, 0.1) is 0 Å². The average Bonchev–Trinajstić information content (AvgIpc) is 2.21. The maximum absolute atomic E-state index is 4.09. The summed E-state index contributed by atoms with van der Waals surface area (Å²) in [5.41, 5.74) is 4.20. The van der Waals surface area contributed by atoms with Crippen molar-refractivity contribution in [3.63, 3.8) is 0 Å².